The van der Waals surface area contributed by atoms with E-state index in [4.69, 9.17) is 4.74 Å². The van der Waals surface area contributed by atoms with Gasteiger partial charge in [0.25, 0.3) is 0 Å². The lowest BCUT2D eigenvalue weighted by atomic mass is 9.85. The van der Waals surface area contributed by atoms with Gasteiger partial charge in [0, 0.05) is 18.0 Å². The minimum Gasteiger partial charge on any atom is -0.493 e. The number of amides is 2. The molecule has 1 aliphatic rings. The first-order valence-electron chi connectivity index (χ1n) is 10.2. The molecule has 5 heteroatoms. The molecule has 0 aromatic heterocycles. The first-order chi connectivity index (χ1) is 12.8. The molecule has 1 aliphatic carbocycles. The third kappa shape index (κ3) is 7.24. The van der Waals surface area contributed by atoms with E-state index in [0.717, 1.165) is 31.4 Å². The van der Waals surface area contributed by atoms with E-state index in [1.807, 2.05) is 26.0 Å². The predicted molar refractivity (Wildman–Crippen MR) is 108 cm³/mol. The Morgan fingerprint density at radius 1 is 1.11 bits per heavy atom. The van der Waals surface area contributed by atoms with E-state index in [0.29, 0.717) is 18.9 Å². The number of benzene rings is 1. The lowest BCUT2D eigenvalue weighted by Crippen LogP contribution is -2.44. The van der Waals surface area contributed by atoms with Crippen molar-refractivity contribution < 1.29 is 14.3 Å². The van der Waals surface area contributed by atoms with Gasteiger partial charge in [0.1, 0.15) is 5.75 Å². The molecule has 0 saturated heterocycles. The van der Waals surface area contributed by atoms with Crippen molar-refractivity contribution in [2.45, 2.75) is 77.8 Å². The Balaban J connectivity index is 1.71. The molecule has 5 nitrogen and oxygen atoms in total. The molecule has 2 amide bonds. The molecule has 2 atom stereocenters. The summed E-state index contributed by atoms with van der Waals surface area (Å²) in [5.41, 5.74) is 1.27. The van der Waals surface area contributed by atoms with Crippen LogP contribution in [0.2, 0.25) is 0 Å². The van der Waals surface area contributed by atoms with Gasteiger partial charge in [-0.25, -0.2) is 0 Å². The summed E-state index contributed by atoms with van der Waals surface area (Å²) >= 11 is 0. The standard InChI is InChI=1S/C22H34N2O3/c1-15(2)17-8-10-20(11-9-17)27-13-12-21(25)24-19-7-5-6-18(14-19)22(26)23-16(3)4/h8-11,15-16,18-19H,5-7,12-14H2,1-4H3,(H,23,26)(H,24,25). The summed E-state index contributed by atoms with van der Waals surface area (Å²) < 4.78 is 5.68. The molecule has 1 saturated carbocycles. The van der Waals surface area contributed by atoms with Crippen LogP contribution in [-0.2, 0) is 9.59 Å². The Morgan fingerprint density at radius 3 is 2.44 bits per heavy atom. The maximum absolute atomic E-state index is 12.2. The quantitative estimate of drug-likeness (QED) is 0.728. The lowest BCUT2D eigenvalue weighted by molar-refractivity contribution is -0.128. The zero-order chi connectivity index (χ0) is 19.8. The van der Waals surface area contributed by atoms with Crippen molar-refractivity contribution >= 4 is 11.8 Å². The van der Waals surface area contributed by atoms with E-state index < -0.39 is 0 Å². The molecular formula is C22H34N2O3. The largest absolute Gasteiger partial charge is 0.493 e. The molecule has 0 aliphatic heterocycles. The minimum absolute atomic E-state index is 0.00201. The van der Waals surface area contributed by atoms with Gasteiger partial charge in [-0.05, 0) is 56.7 Å². The van der Waals surface area contributed by atoms with E-state index in [9.17, 15) is 9.59 Å². The van der Waals surface area contributed by atoms with Crippen molar-refractivity contribution in [3.63, 3.8) is 0 Å². The van der Waals surface area contributed by atoms with Crippen molar-refractivity contribution in [2.24, 2.45) is 5.92 Å². The Hall–Kier alpha value is -2.04. The Labute approximate surface area is 163 Å². The summed E-state index contributed by atoms with van der Waals surface area (Å²) in [6.45, 7) is 8.61. The molecule has 1 aromatic carbocycles. The van der Waals surface area contributed by atoms with Crippen LogP contribution >= 0.6 is 0 Å². The van der Waals surface area contributed by atoms with Crippen LogP contribution in [-0.4, -0.2) is 30.5 Å². The topological polar surface area (TPSA) is 67.4 Å². The Bertz CT molecular complexity index is 610. The second-order valence-electron chi connectivity index (χ2n) is 8.11. The summed E-state index contributed by atoms with van der Waals surface area (Å²) in [6, 6.07) is 8.26. The van der Waals surface area contributed by atoms with Crippen LogP contribution in [0.5, 0.6) is 5.75 Å². The normalized spacial score (nSPS) is 19.8. The van der Waals surface area contributed by atoms with E-state index in [-0.39, 0.29) is 29.8 Å². The number of ether oxygens (including phenoxy) is 1. The van der Waals surface area contributed by atoms with Crippen molar-refractivity contribution in [1.29, 1.82) is 0 Å². The lowest BCUT2D eigenvalue weighted by Gasteiger charge is -2.29. The van der Waals surface area contributed by atoms with Gasteiger partial charge in [-0.1, -0.05) is 32.4 Å². The zero-order valence-corrected chi connectivity index (χ0v) is 17.1. The van der Waals surface area contributed by atoms with Gasteiger partial charge >= 0.3 is 0 Å². The van der Waals surface area contributed by atoms with Crippen LogP contribution in [0.4, 0.5) is 0 Å². The van der Waals surface area contributed by atoms with Crippen molar-refractivity contribution in [2.75, 3.05) is 6.61 Å². The third-order valence-corrected chi connectivity index (χ3v) is 4.99. The van der Waals surface area contributed by atoms with Crippen molar-refractivity contribution in [3.05, 3.63) is 29.8 Å². The number of hydrogen-bond acceptors (Lipinski definition) is 3. The molecule has 0 radical (unpaired) electrons. The van der Waals surface area contributed by atoms with Crippen LogP contribution in [0.15, 0.2) is 24.3 Å². The average Bonchev–Trinajstić information content (AvgIpc) is 2.61. The molecule has 1 fully saturated rings. The van der Waals surface area contributed by atoms with Gasteiger partial charge in [-0.2, -0.15) is 0 Å². The van der Waals surface area contributed by atoms with Crippen LogP contribution in [0.25, 0.3) is 0 Å². The summed E-state index contributed by atoms with van der Waals surface area (Å²) in [4.78, 5) is 24.4. The number of nitrogens with one attached hydrogen (secondary N) is 2. The molecular weight excluding hydrogens is 340 g/mol. The fraction of sp³-hybridized carbons (Fsp3) is 0.636. The summed E-state index contributed by atoms with van der Waals surface area (Å²) in [5, 5.41) is 6.05. The number of carbonyl (C=O) groups is 2. The first-order valence-corrected chi connectivity index (χ1v) is 10.2. The second-order valence-corrected chi connectivity index (χ2v) is 8.11. The van der Waals surface area contributed by atoms with Crippen LogP contribution in [0, 0.1) is 5.92 Å². The maximum Gasteiger partial charge on any atom is 0.223 e. The van der Waals surface area contributed by atoms with E-state index in [1.165, 1.54) is 5.56 Å². The monoisotopic (exact) mass is 374 g/mol. The van der Waals surface area contributed by atoms with Gasteiger partial charge in [0.15, 0.2) is 0 Å². The molecule has 0 spiro atoms. The minimum atomic E-state index is -0.0104. The van der Waals surface area contributed by atoms with E-state index in [2.05, 4.69) is 36.6 Å². The Morgan fingerprint density at radius 2 is 1.81 bits per heavy atom. The second kappa shape index (κ2) is 10.3. The van der Waals surface area contributed by atoms with E-state index >= 15 is 0 Å². The highest BCUT2D eigenvalue weighted by Crippen LogP contribution is 2.25. The van der Waals surface area contributed by atoms with Gasteiger partial charge < -0.3 is 15.4 Å². The molecule has 2 unspecified atom stereocenters. The zero-order valence-electron chi connectivity index (χ0n) is 17.1. The predicted octanol–water partition coefficient (Wildman–Crippen LogP) is 3.78. The van der Waals surface area contributed by atoms with Crippen LogP contribution in [0.1, 0.15) is 71.3 Å². The van der Waals surface area contributed by atoms with Crippen molar-refractivity contribution in [3.8, 4) is 5.75 Å². The molecule has 150 valence electrons. The van der Waals surface area contributed by atoms with Gasteiger partial charge in [-0.3, -0.25) is 9.59 Å². The number of rotatable bonds is 8. The Kier molecular flexibility index (Phi) is 8.14. The fourth-order valence-electron chi connectivity index (χ4n) is 3.47. The summed E-state index contributed by atoms with van der Waals surface area (Å²) in [5.74, 6) is 1.38. The highest BCUT2D eigenvalue weighted by molar-refractivity contribution is 5.79. The maximum atomic E-state index is 12.2. The highest BCUT2D eigenvalue weighted by Gasteiger charge is 2.28. The number of carbonyl (C=O) groups excluding carboxylic acids is 2. The summed E-state index contributed by atoms with van der Waals surface area (Å²) in [7, 11) is 0. The highest BCUT2D eigenvalue weighted by atomic mass is 16.5. The van der Waals surface area contributed by atoms with Crippen molar-refractivity contribution in [1.82, 2.24) is 10.6 Å². The van der Waals surface area contributed by atoms with Gasteiger partial charge in [-0.15, -0.1) is 0 Å². The molecule has 0 bridgehead atoms. The van der Waals surface area contributed by atoms with Crippen LogP contribution < -0.4 is 15.4 Å². The third-order valence-electron chi connectivity index (χ3n) is 4.99. The smallest absolute Gasteiger partial charge is 0.223 e. The SMILES string of the molecule is CC(C)NC(=O)C1CCCC(NC(=O)CCOc2ccc(C(C)C)cc2)C1. The van der Waals surface area contributed by atoms with Gasteiger partial charge in [0.05, 0.1) is 13.0 Å². The average molecular weight is 375 g/mol. The van der Waals surface area contributed by atoms with E-state index in [1.54, 1.807) is 0 Å². The summed E-state index contributed by atoms with van der Waals surface area (Å²) in [6.07, 6.45) is 3.86. The molecule has 2 rings (SSSR count). The molecule has 27 heavy (non-hydrogen) atoms. The molecule has 1 aromatic rings. The molecule has 0 heterocycles. The fourth-order valence-corrected chi connectivity index (χ4v) is 3.47. The first kappa shape index (κ1) is 21.3. The van der Waals surface area contributed by atoms with Crippen LogP contribution in [0.3, 0.4) is 0 Å². The molecule has 2 N–H and O–H groups in total. The van der Waals surface area contributed by atoms with Gasteiger partial charge in [0.2, 0.25) is 11.8 Å². The number of hydrogen-bond donors (Lipinski definition) is 2.